The van der Waals surface area contributed by atoms with E-state index < -0.39 is 13.8 Å². The van der Waals surface area contributed by atoms with Gasteiger partial charge in [-0.15, -0.1) is 0 Å². The molecule has 1 atom stereocenters. The fraction of sp³-hybridized carbons (Fsp3) is 0.667. The molecule has 0 amide bonds. The Morgan fingerprint density at radius 1 is 1.64 bits per heavy atom. The molecule has 1 unspecified atom stereocenters. The summed E-state index contributed by atoms with van der Waals surface area (Å²) in [6.45, 7) is -0.385. The first-order valence-corrected chi connectivity index (χ1v) is 4.36. The number of thiol groups is 1. The number of rotatable bonds is 5. The molecule has 8 heteroatoms. The Kier molecular flexibility index (Phi) is 4.71. The van der Waals surface area contributed by atoms with Crippen LogP contribution in [0, 0.1) is 0 Å². The zero-order valence-electron chi connectivity index (χ0n) is 5.34. The van der Waals surface area contributed by atoms with Crippen molar-refractivity contribution >= 4 is 26.7 Å². The van der Waals surface area contributed by atoms with E-state index >= 15 is 0 Å². The lowest BCUT2D eigenvalue weighted by Gasteiger charge is -2.05. The van der Waals surface area contributed by atoms with Gasteiger partial charge < -0.3 is 10.00 Å². The summed E-state index contributed by atoms with van der Waals surface area (Å²) in [5, 5.41) is 8.07. The summed E-state index contributed by atoms with van der Waals surface area (Å²) in [4.78, 5) is 18.3. The van der Waals surface area contributed by atoms with E-state index in [0.717, 1.165) is 0 Å². The van der Waals surface area contributed by atoms with Gasteiger partial charge in [0.2, 0.25) is 0 Å². The molecular formula is C3H7O6PS. The Balaban J connectivity index is 3.54. The van der Waals surface area contributed by atoms with Crippen LogP contribution in [0.4, 0.5) is 0 Å². The number of aliphatic carboxylic acids is 1. The Labute approximate surface area is 68.4 Å². The quantitative estimate of drug-likeness (QED) is 0.340. The summed E-state index contributed by atoms with van der Waals surface area (Å²) in [5.41, 5.74) is 0. The SMILES string of the molecule is O=C(O)CCOP(=O)(O)OS. The number of phosphoric acid groups is 1. The minimum Gasteiger partial charge on any atom is -0.481 e. The molecule has 2 N–H and O–H groups in total. The Hall–Kier alpha value is -0.0700. The standard InChI is InChI=1S/C3H7O6PS/c4-3(5)1-2-8-10(6,7)9-11/h11H,1-2H2,(H,4,5)(H,6,7). The summed E-state index contributed by atoms with van der Waals surface area (Å²) < 4.78 is 18.2. The molecule has 0 rings (SSSR count). The van der Waals surface area contributed by atoms with Gasteiger partial charge in [-0.2, -0.15) is 0 Å². The van der Waals surface area contributed by atoms with Gasteiger partial charge in [0.25, 0.3) is 0 Å². The highest BCUT2D eigenvalue weighted by Crippen LogP contribution is 2.44. The molecule has 0 spiro atoms. The molecule has 0 aliphatic carbocycles. The normalized spacial score (nSPS) is 15.8. The summed E-state index contributed by atoms with van der Waals surface area (Å²) in [6.07, 6.45) is -0.359. The topological polar surface area (TPSA) is 93.1 Å². The highest BCUT2D eigenvalue weighted by atomic mass is 32.1. The molecule has 0 bridgehead atoms. The van der Waals surface area contributed by atoms with Gasteiger partial charge in [0.05, 0.1) is 13.0 Å². The lowest BCUT2D eigenvalue weighted by molar-refractivity contribution is -0.137. The van der Waals surface area contributed by atoms with Crippen molar-refractivity contribution in [3.8, 4) is 0 Å². The third-order valence-corrected chi connectivity index (χ3v) is 2.01. The van der Waals surface area contributed by atoms with Gasteiger partial charge in [0.15, 0.2) is 0 Å². The first kappa shape index (κ1) is 10.9. The van der Waals surface area contributed by atoms with Gasteiger partial charge >= 0.3 is 13.8 Å². The molecule has 0 fully saturated rings. The van der Waals surface area contributed by atoms with E-state index in [2.05, 4.69) is 21.4 Å². The molecule has 0 aromatic heterocycles. The van der Waals surface area contributed by atoms with Gasteiger partial charge in [0, 0.05) is 0 Å². The monoisotopic (exact) mass is 202 g/mol. The minimum atomic E-state index is -4.13. The number of carboxylic acid groups (broad SMARTS) is 1. The fourth-order valence-corrected chi connectivity index (χ4v) is 0.782. The van der Waals surface area contributed by atoms with Crippen LogP contribution in [0.25, 0.3) is 0 Å². The number of hydrogen-bond acceptors (Lipinski definition) is 5. The largest absolute Gasteiger partial charge is 0.483 e. The van der Waals surface area contributed by atoms with E-state index in [1.54, 1.807) is 0 Å². The fourth-order valence-electron chi connectivity index (χ4n) is 0.272. The smallest absolute Gasteiger partial charge is 0.481 e. The van der Waals surface area contributed by atoms with Crippen LogP contribution in [0.15, 0.2) is 0 Å². The van der Waals surface area contributed by atoms with Crippen LogP contribution in [-0.4, -0.2) is 22.6 Å². The van der Waals surface area contributed by atoms with E-state index in [4.69, 9.17) is 10.00 Å². The first-order valence-electron chi connectivity index (χ1n) is 2.50. The summed E-state index contributed by atoms with van der Waals surface area (Å²) in [7, 11) is -4.13. The van der Waals surface area contributed by atoms with Gasteiger partial charge in [-0.3, -0.25) is 9.32 Å². The van der Waals surface area contributed by atoms with Crippen molar-refractivity contribution < 1.29 is 27.9 Å². The maximum Gasteiger partial charge on any atom is 0.483 e. The van der Waals surface area contributed by atoms with E-state index in [1.807, 2.05) is 0 Å². The van der Waals surface area contributed by atoms with Crippen molar-refractivity contribution in [1.29, 1.82) is 0 Å². The summed E-state index contributed by atoms with van der Waals surface area (Å²) >= 11 is 3.04. The summed E-state index contributed by atoms with van der Waals surface area (Å²) in [6, 6.07) is 0. The molecule has 66 valence electrons. The van der Waals surface area contributed by atoms with Crippen LogP contribution in [0.2, 0.25) is 0 Å². The molecule has 0 aliphatic heterocycles. The third kappa shape index (κ3) is 6.33. The average Bonchev–Trinajstić information content (AvgIpc) is 1.87. The predicted molar refractivity (Wildman–Crippen MR) is 38.1 cm³/mol. The Morgan fingerprint density at radius 2 is 2.18 bits per heavy atom. The van der Waals surface area contributed by atoms with Crippen LogP contribution in [-0.2, 0) is 17.9 Å². The minimum absolute atomic E-state index is 0.359. The Bertz CT molecular complexity index is 181. The van der Waals surface area contributed by atoms with Crippen LogP contribution in [0.3, 0.4) is 0 Å². The van der Waals surface area contributed by atoms with Crippen LogP contribution in [0.1, 0.15) is 6.42 Å². The highest BCUT2D eigenvalue weighted by Gasteiger charge is 2.19. The predicted octanol–water partition coefficient (Wildman–Crippen LogP) is 0.439. The molecule has 0 saturated carbocycles. The number of carbonyl (C=O) groups is 1. The third-order valence-electron chi connectivity index (χ3n) is 0.674. The van der Waals surface area contributed by atoms with E-state index in [9.17, 15) is 9.36 Å². The zero-order valence-corrected chi connectivity index (χ0v) is 7.12. The van der Waals surface area contributed by atoms with Crippen molar-refractivity contribution in [2.45, 2.75) is 6.42 Å². The van der Waals surface area contributed by atoms with Crippen molar-refractivity contribution in [2.24, 2.45) is 0 Å². The molecule has 6 nitrogen and oxygen atoms in total. The van der Waals surface area contributed by atoms with Crippen molar-refractivity contribution in [2.75, 3.05) is 6.61 Å². The molecule has 0 aliphatic rings. The number of hydrogen-bond donors (Lipinski definition) is 3. The second kappa shape index (κ2) is 4.74. The zero-order chi connectivity index (χ0) is 8.91. The maximum absolute atomic E-state index is 10.4. The van der Waals surface area contributed by atoms with Crippen LogP contribution >= 0.6 is 20.7 Å². The van der Waals surface area contributed by atoms with Gasteiger partial charge in [-0.05, 0) is 12.9 Å². The van der Waals surface area contributed by atoms with Crippen molar-refractivity contribution in [1.82, 2.24) is 0 Å². The van der Waals surface area contributed by atoms with Crippen LogP contribution in [0.5, 0.6) is 0 Å². The first-order chi connectivity index (χ1) is 4.98. The summed E-state index contributed by atoms with van der Waals surface area (Å²) in [5.74, 6) is -1.12. The maximum atomic E-state index is 10.4. The number of carboxylic acids is 1. The molecule has 0 aromatic carbocycles. The molecule has 11 heavy (non-hydrogen) atoms. The van der Waals surface area contributed by atoms with Crippen molar-refractivity contribution in [3.63, 3.8) is 0 Å². The Morgan fingerprint density at radius 3 is 2.55 bits per heavy atom. The van der Waals surface area contributed by atoms with E-state index in [-0.39, 0.29) is 13.0 Å². The molecule has 0 aromatic rings. The lowest BCUT2D eigenvalue weighted by Crippen LogP contribution is -2.01. The van der Waals surface area contributed by atoms with Gasteiger partial charge in [-0.1, -0.05) is 0 Å². The lowest BCUT2D eigenvalue weighted by atomic mass is 10.5. The highest BCUT2D eigenvalue weighted by molar-refractivity contribution is 7.80. The van der Waals surface area contributed by atoms with Crippen LogP contribution < -0.4 is 0 Å². The molecule has 0 radical (unpaired) electrons. The second-order valence-corrected chi connectivity index (χ2v) is 3.38. The molecular weight excluding hydrogens is 195 g/mol. The number of phosphoric ester groups is 1. The second-order valence-electron chi connectivity index (χ2n) is 1.53. The van der Waals surface area contributed by atoms with Gasteiger partial charge in [-0.25, -0.2) is 8.54 Å². The average molecular weight is 202 g/mol. The van der Waals surface area contributed by atoms with E-state index in [1.165, 1.54) is 0 Å². The molecule has 0 heterocycles. The van der Waals surface area contributed by atoms with Crippen molar-refractivity contribution in [3.05, 3.63) is 0 Å². The van der Waals surface area contributed by atoms with E-state index in [0.29, 0.717) is 0 Å². The molecule has 0 saturated heterocycles. The van der Waals surface area contributed by atoms with Gasteiger partial charge in [0.1, 0.15) is 0 Å².